The molecule has 0 unspecified atom stereocenters. The zero-order chi connectivity index (χ0) is 10.7. The fourth-order valence-electron chi connectivity index (χ4n) is 3.23. The summed E-state index contributed by atoms with van der Waals surface area (Å²) in [5, 5.41) is 0. The maximum atomic E-state index is 11.5. The molecule has 0 N–H and O–H groups in total. The van der Waals surface area contributed by atoms with Gasteiger partial charge in [0.1, 0.15) is 0 Å². The molecule has 2 aliphatic carbocycles. The van der Waals surface area contributed by atoms with Gasteiger partial charge < -0.3 is 4.74 Å². The van der Waals surface area contributed by atoms with Crippen LogP contribution in [0.25, 0.3) is 0 Å². The van der Waals surface area contributed by atoms with E-state index in [9.17, 15) is 9.59 Å². The number of carbonyl (C=O) groups excluding carboxylic acids is 2. The Bertz CT molecular complexity index is 394. The van der Waals surface area contributed by atoms with E-state index in [4.69, 9.17) is 4.74 Å². The number of allylic oxidation sites excluding steroid dienone is 4. The van der Waals surface area contributed by atoms with E-state index >= 15 is 0 Å². The molecule has 78 valence electrons. The van der Waals surface area contributed by atoms with Crippen molar-refractivity contribution in [2.75, 3.05) is 0 Å². The second-order valence-corrected chi connectivity index (χ2v) is 4.68. The summed E-state index contributed by atoms with van der Waals surface area (Å²) in [7, 11) is 0. The van der Waals surface area contributed by atoms with Crippen molar-refractivity contribution in [2.45, 2.75) is 13.8 Å². The molecular weight excluding hydrogens is 192 g/mol. The van der Waals surface area contributed by atoms with Crippen LogP contribution in [0.5, 0.6) is 0 Å². The molecule has 0 spiro atoms. The largest absolute Gasteiger partial charge is 0.393 e. The van der Waals surface area contributed by atoms with Gasteiger partial charge in [-0.15, -0.1) is 0 Å². The minimum atomic E-state index is -0.333. The molecule has 3 nitrogen and oxygen atoms in total. The first-order chi connectivity index (χ1) is 7.11. The molecule has 4 atom stereocenters. The summed E-state index contributed by atoms with van der Waals surface area (Å²) in [5.41, 5.74) is 2.49. The average Bonchev–Trinajstić information content (AvgIpc) is 2.77. The highest BCUT2D eigenvalue weighted by molar-refractivity contribution is 5.99. The fraction of sp³-hybridized carbons (Fsp3) is 0.500. The summed E-state index contributed by atoms with van der Waals surface area (Å²) in [6.45, 7) is 4.08. The maximum Gasteiger partial charge on any atom is 0.318 e. The molecule has 1 saturated heterocycles. The molecule has 0 aromatic rings. The molecule has 3 aliphatic rings. The van der Waals surface area contributed by atoms with Gasteiger partial charge >= 0.3 is 11.9 Å². The van der Waals surface area contributed by atoms with Gasteiger partial charge in [0.05, 0.1) is 11.8 Å². The number of hydrogen-bond acceptors (Lipinski definition) is 3. The molecule has 15 heavy (non-hydrogen) atoms. The van der Waals surface area contributed by atoms with Crippen LogP contribution < -0.4 is 0 Å². The summed E-state index contributed by atoms with van der Waals surface area (Å²) in [6, 6.07) is 0. The minimum Gasteiger partial charge on any atom is -0.393 e. The molecule has 3 rings (SSSR count). The Morgan fingerprint density at radius 2 is 1.53 bits per heavy atom. The lowest BCUT2D eigenvalue weighted by Crippen LogP contribution is -2.21. The van der Waals surface area contributed by atoms with Crippen LogP contribution in [0.3, 0.4) is 0 Å². The van der Waals surface area contributed by atoms with Crippen molar-refractivity contribution in [1.29, 1.82) is 0 Å². The Hall–Kier alpha value is -1.38. The highest BCUT2D eigenvalue weighted by atomic mass is 16.6. The SMILES string of the molecule is CC(C)=C1[C@H]2C=C[C@H]1[C@H]1C(=O)OC(=O)[C@@H]12. The first kappa shape index (κ1) is 8.89. The molecule has 1 saturated carbocycles. The van der Waals surface area contributed by atoms with Gasteiger partial charge in [0, 0.05) is 11.8 Å². The lowest BCUT2D eigenvalue weighted by molar-refractivity contribution is -0.154. The predicted molar refractivity (Wildman–Crippen MR) is 52.6 cm³/mol. The third-order valence-corrected chi connectivity index (χ3v) is 3.73. The lowest BCUT2D eigenvalue weighted by atomic mass is 9.85. The number of hydrogen-bond donors (Lipinski definition) is 0. The summed E-state index contributed by atoms with van der Waals surface area (Å²) in [4.78, 5) is 23.0. The Morgan fingerprint density at radius 1 is 1.07 bits per heavy atom. The molecule has 0 radical (unpaired) electrons. The van der Waals surface area contributed by atoms with Crippen molar-refractivity contribution in [2.24, 2.45) is 23.7 Å². The Balaban J connectivity index is 2.13. The number of rotatable bonds is 0. The van der Waals surface area contributed by atoms with Crippen LogP contribution in [0.4, 0.5) is 0 Å². The quantitative estimate of drug-likeness (QED) is 0.341. The van der Waals surface area contributed by atoms with Crippen molar-refractivity contribution in [3.63, 3.8) is 0 Å². The predicted octanol–water partition coefficient (Wildman–Crippen LogP) is 1.45. The van der Waals surface area contributed by atoms with Crippen molar-refractivity contribution < 1.29 is 14.3 Å². The summed E-state index contributed by atoms with van der Waals surface area (Å²) in [6.07, 6.45) is 4.10. The molecule has 1 heterocycles. The average molecular weight is 204 g/mol. The zero-order valence-electron chi connectivity index (χ0n) is 8.69. The molecule has 2 fully saturated rings. The number of esters is 2. The summed E-state index contributed by atoms with van der Waals surface area (Å²) in [5.74, 6) is -0.913. The van der Waals surface area contributed by atoms with E-state index in [0.29, 0.717) is 0 Å². The van der Waals surface area contributed by atoms with Gasteiger partial charge in [-0.2, -0.15) is 0 Å². The number of fused-ring (bicyclic) bond motifs is 5. The van der Waals surface area contributed by atoms with E-state index in [1.165, 1.54) is 11.1 Å². The molecule has 0 aromatic carbocycles. The molecule has 3 heteroatoms. The van der Waals surface area contributed by atoms with Crippen LogP contribution in [-0.4, -0.2) is 11.9 Å². The topological polar surface area (TPSA) is 43.4 Å². The van der Waals surface area contributed by atoms with E-state index in [1.54, 1.807) is 0 Å². The first-order valence-electron chi connectivity index (χ1n) is 5.22. The van der Waals surface area contributed by atoms with Crippen molar-refractivity contribution in [3.05, 3.63) is 23.3 Å². The van der Waals surface area contributed by atoms with Gasteiger partial charge in [-0.3, -0.25) is 9.59 Å². The first-order valence-corrected chi connectivity index (χ1v) is 5.22. The van der Waals surface area contributed by atoms with Crippen LogP contribution in [0, 0.1) is 23.7 Å². The lowest BCUT2D eigenvalue weighted by Gasteiger charge is -2.11. The molecule has 0 aromatic heterocycles. The highest BCUT2D eigenvalue weighted by Crippen LogP contribution is 2.55. The van der Waals surface area contributed by atoms with E-state index in [-0.39, 0.29) is 35.6 Å². The van der Waals surface area contributed by atoms with Crippen molar-refractivity contribution in [1.82, 2.24) is 0 Å². The highest BCUT2D eigenvalue weighted by Gasteiger charge is 2.60. The van der Waals surface area contributed by atoms with Gasteiger partial charge in [-0.05, 0) is 13.8 Å². The standard InChI is InChI=1S/C12H12O3/c1-5(2)8-6-3-4-7(8)10-9(6)11(13)15-12(10)14/h3-4,6-7,9-10H,1-2H3/t6-,7-,9-,10-/m1/s1. The van der Waals surface area contributed by atoms with Crippen LogP contribution >= 0.6 is 0 Å². The van der Waals surface area contributed by atoms with Gasteiger partial charge in [-0.25, -0.2) is 0 Å². The smallest absolute Gasteiger partial charge is 0.318 e. The Kier molecular flexibility index (Phi) is 1.54. The Morgan fingerprint density at radius 3 is 1.93 bits per heavy atom. The molecule has 1 aliphatic heterocycles. The minimum absolute atomic E-state index is 0.115. The van der Waals surface area contributed by atoms with Crippen molar-refractivity contribution in [3.8, 4) is 0 Å². The molecule has 2 bridgehead atoms. The van der Waals surface area contributed by atoms with Gasteiger partial charge in [-0.1, -0.05) is 23.3 Å². The maximum absolute atomic E-state index is 11.5. The van der Waals surface area contributed by atoms with Crippen molar-refractivity contribution >= 4 is 11.9 Å². The van der Waals surface area contributed by atoms with Gasteiger partial charge in [0.25, 0.3) is 0 Å². The zero-order valence-corrected chi connectivity index (χ0v) is 8.69. The summed E-state index contributed by atoms with van der Waals surface area (Å²) < 4.78 is 4.70. The van der Waals surface area contributed by atoms with Gasteiger partial charge in [0.15, 0.2) is 0 Å². The molecular formula is C12H12O3. The van der Waals surface area contributed by atoms with Crippen LogP contribution in [0.15, 0.2) is 23.3 Å². The normalized spacial score (nSPS) is 41.1. The fourth-order valence-corrected chi connectivity index (χ4v) is 3.23. The second-order valence-electron chi connectivity index (χ2n) is 4.68. The van der Waals surface area contributed by atoms with Crippen LogP contribution in [0.1, 0.15) is 13.8 Å². The van der Waals surface area contributed by atoms with Gasteiger partial charge in [0.2, 0.25) is 0 Å². The van der Waals surface area contributed by atoms with E-state index in [1.807, 2.05) is 26.0 Å². The second kappa shape index (κ2) is 2.60. The number of ether oxygens (including phenoxy) is 1. The van der Waals surface area contributed by atoms with Crippen LogP contribution in [-0.2, 0) is 14.3 Å². The number of carbonyl (C=O) groups is 2. The third kappa shape index (κ3) is 0.907. The monoisotopic (exact) mass is 204 g/mol. The van der Waals surface area contributed by atoms with E-state index < -0.39 is 0 Å². The summed E-state index contributed by atoms with van der Waals surface area (Å²) >= 11 is 0. The third-order valence-electron chi connectivity index (χ3n) is 3.73. The Labute approximate surface area is 87.8 Å². The molecule has 0 amide bonds. The number of cyclic esters (lactones) is 2. The van der Waals surface area contributed by atoms with E-state index in [2.05, 4.69) is 0 Å². The van der Waals surface area contributed by atoms with E-state index in [0.717, 1.165) is 0 Å². The van der Waals surface area contributed by atoms with Crippen LogP contribution in [0.2, 0.25) is 0 Å².